The van der Waals surface area contributed by atoms with Crippen LogP contribution < -0.4 is 5.14 Å². The summed E-state index contributed by atoms with van der Waals surface area (Å²) in [5.74, 6) is 0. The average Bonchev–Trinajstić information content (AvgIpc) is 2.11. The third kappa shape index (κ3) is 1.54. The predicted octanol–water partition coefficient (Wildman–Crippen LogP) is 0.712. The molecule has 1 rings (SSSR count). The summed E-state index contributed by atoms with van der Waals surface area (Å²) in [6.07, 6.45) is 1.37. The maximum Gasteiger partial charge on any atom is 0.116 e. The van der Waals surface area contributed by atoms with E-state index in [1.54, 1.807) is 14.0 Å². The van der Waals surface area contributed by atoms with Crippen molar-refractivity contribution in [2.45, 2.75) is 11.8 Å². The molecule has 0 spiro atoms. The molecule has 0 amide bonds. The van der Waals surface area contributed by atoms with Crippen molar-refractivity contribution in [3.8, 4) is 0 Å². The Morgan fingerprint density at radius 3 is 2.36 bits per heavy atom. The summed E-state index contributed by atoms with van der Waals surface area (Å²) in [4.78, 5) is 0.306. The molecule has 6 heteroatoms. The van der Waals surface area contributed by atoms with Gasteiger partial charge in [0.15, 0.2) is 0 Å². The lowest BCUT2D eigenvalue weighted by atomic mass is 10.5. The fraction of sp³-hybridized carbons (Fsp3) is 0.400. The normalized spacial score (nSPS) is 13.5. The number of rotatable bonds is 1. The molecular formula is C5H11N3O2S. The highest BCUT2D eigenvalue weighted by Gasteiger charge is 2.15. The number of nitrogens with two attached hydrogens (primary N) is 1. The standard InChI is InChI=1S/C5H11N3O2S/c1-4-5(11(6,9)10)3-7-8(4)2/h3,9-10H,6H2,1-2H3. The van der Waals surface area contributed by atoms with Crippen LogP contribution in [0.15, 0.2) is 11.1 Å². The Morgan fingerprint density at radius 2 is 2.18 bits per heavy atom. The smallest absolute Gasteiger partial charge is 0.116 e. The largest absolute Gasteiger partial charge is 0.282 e. The van der Waals surface area contributed by atoms with Crippen LogP contribution >= 0.6 is 10.8 Å². The maximum atomic E-state index is 9.05. The van der Waals surface area contributed by atoms with E-state index in [-0.39, 0.29) is 0 Å². The van der Waals surface area contributed by atoms with Gasteiger partial charge in [0.25, 0.3) is 0 Å². The molecule has 0 aliphatic carbocycles. The first-order valence-corrected chi connectivity index (χ1v) is 4.58. The van der Waals surface area contributed by atoms with Crippen LogP contribution in [0, 0.1) is 6.92 Å². The van der Waals surface area contributed by atoms with Crippen molar-refractivity contribution in [2.75, 3.05) is 0 Å². The first-order chi connectivity index (χ1) is 4.93. The second kappa shape index (κ2) is 2.49. The molecule has 0 fully saturated rings. The van der Waals surface area contributed by atoms with Crippen molar-refractivity contribution < 1.29 is 9.11 Å². The van der Waals surface area contributed by atoms with Crippen molar-refractivity contribution in [1.29, 1.82) is 0 Å². The lowest BCUT2D eigenvalue weighted by Crippen LogP contribution is -2.09. The molecule has 0 atom stereocenters. The fourth-order valence-corrected chi connectivity index (χ4v) is 1.54. The molecule has 0 aliphatic heterocycles. The highest BCUT2D eigenvalue weighted by atomic mass is 32.3. The van der Waals surface area contributed by atoms with Gasteiger partial charge in [-0.15, -0.1) is 10.8 Å². The summed E-state index contributed by atoms with van der Waals surface area (Å²) in [5, 5.41) is 8.93. The van der Waals surface area contributed by atoms with Crippen molar-refractivity contribution in [3.63, 3.8) is 0 Å². The Morgan fingerprint density at radius 1 is 1.64 bits per heavy atom. The van der Waals surface area contributed by atoms with Gasteiger partial charge in [-0.05, 0) is 6.92 Å². The highest BCUT2D eigenvalue weighted by molar-refractivity contribution is 8.22. The maximum absolute atomic E-state index is 9.05. The van der Waals surface area contributed by atoms with Gasteiger partial charge >= 0.3 is 0 Å². The molecule has 1 heterocycles. The molecule has 0 saturated heterocycles. The summed E-state index contributed by atoms with van der Waals surface area (Å²) in [5.41, 5.74) is 0.674. The molecule has 0 unspecified atom stereocenters. The zero-order valence-electron chi connectivity index (χ0n) is 6.35. The first kappa shape index (κ1) is 8.54. The Kier molecular flexibility index (Phi) is 1.93. The minimum Gasteiger partial charge on any atom is -0.282 e. The second-order valence-corrected chi connectivity index (χ2v) is 3.94. The number of hydrogen-bond acceptors (Lipinski definition) is 4. The van der Waals surface area contributed by atoms with Gasteiger partial charge in [-0.3, -0.25) is 13.8 Å². The van der Waals surface area contributed by atoms with Gasteiger partial charge < -0.3 is 0 Å². The topological polar surface area (TPSA) is 84.3 Å². The third-order valence-corrected chi connectivity index (χ3v) is 2.56. The van der Waals surface area contributed by atoms with E-state index in [2.05, 4.69) is 5.10 Å². The van der Waals surface area contributed by atoms with Crippen molar-refractivity contribution in [1.82, 2.24) is 9.78 Å². The number of nitrogens with zero attached hydrogens (tertiary/aromatic N) is 2. The molecule has 1 aromatic rings. The van der Waals surface area contributed by atoms with Crippen molar-refractivity contribution >= 4 is 10.8 Å². The van der Waals surface area contributed by atoms with Crippen LogP contribution in [0.3, 0.4) is 0 Å². The summed E-state index contributed by atoms with van der Waals surface area (Å²) in [6, 6.07) is 0. The molecule has 0 radical (unpaired) electrons. The quantitative estimate of drug-likeness (QED) is 0.590. The fourth-order valence-electron chi connectivity index (χ4n) is 0.773. The highest BCUT2D eigenvalue weighted by Crippen LogP contribution is 2.41. The summed E-state index contributed by atoms with van der Waals surface area (Å²) < 4.78 is 19.6. The lowest BCUT2D eigenvalue weighted by molar-refractivity contribution is 0.488. The predicted molar refractivity (Wildman–Crippen MR) is 43.2 cm³/mol. The van der Waals surface area contributed by atoms with Crippen LogP contribution in [0.25, 0.3) is 0 Å². The molecule has 0 bridgehead atoms. The van der Waals surface area contributed by atoms with E-state index in [1.807, 2.05) is 0 Å². The molecule has 0 saturated carbocycles. The number of hydrogen-bond donors (Lipinski definition) is 3. The van der Waals surface area contributed by atoms with Crippen LogP contribution in [0.5, 0.6) is 0 Å². The summed E-state index contributed by atoms with van der Waals surface area (Å²) in [7, 11) is -1.38. The van der Waals surface area contributed by atoms with Crippen molar-refractivity contribution in [3.05, 3.63) is 11.9 Å². The van der Waals surface area contributed by atoms with E-state index in [1.165, 1.54) is 10.9 Å². The van der Waals surface area contributed by atoms with E-state index in [0.717, 1.165) is 0 Å². The summed E-state index contributed by atoms with van der Waals surface area (Å²) >= 11 is 0. The molecule has 0 aromatic carbocycles. The zero-order valence-corrected chi connectivity index (χ0v) is 7.17. The molecule has 64 valence electrons. The molecule has 5 nitrogen and oxygen atoms in total. The molecule has 0 aliphatic rings. The molecule has 1 aromatic heterocycles. The minimum absolute atomic E-state index is 0.306. The van der Waals surface area contributed by atoms with Gasteiger partial charge in [0.2, 0.25) is 0 Å². The van der Waals surface area contributed by atoms with Gasteiger partial charge in [0, 0.05) is 7.05 Å². The third-order valence-electron chi connectivity index (χ3n) is 1.51. The molecule has 11 heavy (non-hydrogen) atoms. The van der Waals surface area contributed by atoms with Crippen LogP contribution in [-0.2, 0) is 7.05 Å². The van der Waals surface area contributed by atoms with Gasteiger partial charge in [-0.2, -0.15) is 5.10 Å². The van der Waals surface area contributed by atoms with Gasteiger partial charge in [0.05, 0.1) is 11.9 Å². The van der Waals surface area contributed by atoms with Gasteiger partial charge in [-0.25, -0.2) is 5.14 Å². The Balaban J connectivity index is 3.15. The molecule has 4 N–H and O–H groups in total. The lowest BCUT2D eigenvalue weighted by Gasteiger charge is -2.24. The van der Waals surface area contributed by atoms with Gasteiger partial charge in [0.1, 0.15) is 4.90 Å². The second-order valence-electron chi connectivity index (χ2n) is 2.31. The zero-order chi connectivity index (χ0) is 8.65. The van der Waals surface area contributed by atoms with E-state index >= 15 is 0 Å². The number of aromatic nitrogens is 2. The Hall–Kier alpha value is -0.560. The van der Waals surface area contributed by atoms with Crippen LogP contribution in [0.1, 0.15) is 5.69 Å². The Bertz CT molecular complexity index is 265. The molecular weight excluding hydrogens is 166 g/mol. The van der Waals surface area contributed by atoms with E-state index in [4.69, 9.17) is 14.2 Å². The van der Waals surface area contributed by atoms with Crippen LogP contribution in [-0.4, -0.2) is 18.9 Å². The Labute approximate surface area is 66.3 Å². The average molecular weight is 177 g/mol. The van der Waals surface area contributed by atoms with E-state index < -0.39 is 10.8 Å². The minimum atomic E-state index is -3.10. The van der Waals surface area contributed by atoms with Crippen LogP contribution in [0.2, 0.25) is 0 Å². The van der Waals surface area contributed by atoms with E-state index in [9.17, 15) is 0 Å². The monoisotopic (exact) mass is 177 g/mol. The van der Waals surface area contributed by atoms with E-state index in [0.29, 0.717) is 10.6 Å². The first-order valence-electron chi connectivity index (χ1n) is 2.97. The van der Waals surface area contributed by atoms with Gasteiger partial charge in [-0.1, -0.05) is 0 Å². The summed E-state index contributed by atoms with van der Waals surface area (Å²) in [6.45, 7) is 1.73. The number of aryl methyl sites for hydroxylation is 1. The van der Waals surface area contributed by atoms with Crippen LogP contribution in [0.4, 0.5) is 0 Å². The van der Waals surface area contributed by atoms with Crippen molar-refractivity contribution in [2.24, 2.45) is 12.2 Å². The SMILES string of the molecule is Cc1c(S(N)(O)O)cnn1C.